The summed E-state index contributed by atoms with van der Waals surface area (Å²) < 4.78 is 7.31. The van der Waals surface area contributed by atoms with Crippen LogP contribution in [0.15, 0.2) is 36.8 Å². The van der Waals surface area contributed by atoms with E-state index in [0.29, 0.717) is 12.6 Å². The Morgan fingerprint density at radius 3 is 2.95 bits per heavy atom. The van der Waals surface area contributed by atoms with Crippen LogP contribution < -0.4 is 5.32 Å². The quantitative estimate of drug-likeness (QED) is 0.865. The molecule has 1 aromatic heterocycles. The second kappa shape index (κ2) is 6.38. The van der Waals surface area contributed by atoms with Crippen LogP contribution in [0.4, 0.5) is 5.69 Å². The minimum atomic E-state index is 0.430. The van der Waals surface area contributed by atoms with Crippen molar-refractivity contribution in [2.24, 2.45) is 0 Å². The number of hydrogen-bond donors (Lipinski definition) is 1. The molecule has 4 nitrogen and oxygen atoms in total. The summed E-state index contributed by atoms with van der Waals surface area (Å²) in [5, 5.41) is 3.42. The summed E-state index contributed by atoms with van der Waals surface area (Å²) in [6.45, 7) is 5.73. The summed E-state index contributed by atoms with van der Waals surface area (Å²) in [4.78, 5) is 4.21. The number of rotatable bonds is 6. The van der Waals surface area contributed by atoms with Gasteiger partial charge in [0.1, 0.15) is 0 Å². The second-order valence-corrected chi connectivity index (χ2v) is 4.87. The molecule has 0 aliphatic rings. The van der Waals surface area contributed by atoms with E-state index in [2.05, 4.69) is 46.9 Å². The van der Waals surface area contributed by atoms with Crippen molar-refractivity contribution < 1.29 is 4.74 Å². The Balaban J connectivity index is 2.02. The summed E-state index contributed by atoms with van der Waals surface area (Å²) in [6, 6.07) is 8.71. The van der Waals surface area contributed by atoms with Gasteiger partial charge in [0, 0.05) is 25.0 Å². The molecule has 0 fully saturated rings. The fraction of sp³-hybridized carbons (Fsp3) is 0.400. The zero-order valence-corrected chi connectivity index (χ0v) is 11.8. The molecule has 102 valence electrons. The molecule has 0 aliphatic heterocycles. The van der Waals surface area contributed by atoms with E-state index < -0.39 is 0 Å². The van der Waals surface area contributed by atoms with Crippen molar-refractivity contribution in [1.82, 2.24) is 9.55 Å². The zero-order valence-electron chi connectivity index (χ0n) is 11.8. The number of ether oxygens (including phenoxy) is 1. The fourth-order valence-corrected chi connectivity index (χ4v) is 2.06. The van der Waals surface area contributed by atoms with Crippen LogP contribution in [0, 0.1) is 0 Å². The Kier molecular flexibility index (Phi) is 4.58. The molecule has 0 radical (unpaired) electrons. The van der Waals surface area contributed by atoms with Gasteiger partial charge in [-0.1, -0.05) is 12.1 Å². The van der Waals surface area contributed by atoms with Gasteiger partial charge in [-0.2, -0.15) is 0 Å². The van der Waals surface area contributed by atoms with Crippen molar-refractivity contribution in [2.75, 3.05) is 12.4 Å². The first kappa shape index (κ1) is 13.6. The van der Waals surface area contributed by atoms with Gasteiger partial charge in [-0.15, -0.1) is 0 Å². The highest BCUT2D eigenvalue weighted by Gasteiger charge is 2.05. The van der Waals surface area contributed by atoms with Crippen LogP contribution in [-0.2, 0) is 17.9 Å². The van der Waals surface area contributed by atoms with Crippen molar-refractivity contribution in [3.8, 4) is 0 Å². The maximum Gasteiger partial charge on any atom is 0.0951 e. The van der Waals surface area contributed by atoms with Crippen molar-refractivity contribution in [2.45, 2.75) is 33.0 Å². The van der Waals surface area contributed by atoms with Crippen molar-refractivity contribution in [3.63, 3.8) is 0 Å². The number of nitrogens with zero attached hydrogens (tertiary/aromatic N) is 2. The normalized spacial score (nSPS) is 10.9. The lowest BCUT2D eigenvalue weighted by molar-refractivity contribution is 0.185. The molecule has 0 saturated heterocycles. The molecular weight excluding hydrogens is 238 g/mol. The Bertz CT molecular complexity index is 520. The van der Waals surface area contributed by atoms with Crippen LogP contribution in [0.5, 0.6) is 0 Å². The molecule has 0 unspecified atom stereocenters. The third-order valence-electron chi connectivity index (χ3n) is 3.01. The highest BCUT2D eigenvalue weighted by molar-refractivity contribution is 5.45. The van der Waals surface area contributed by atoms with Gasteiger partial charge in [-0.05, 0) is 31.5 Å². The number of nitrogens with one attached hydrogen (secondary N) is 1. The van der Waals surface area contributed by atoms with Gasteiger partial charge < -0.3 is 14.6 Å². The molecule has 2 rings (SSSR count). The predicted octanol–water partition coefficient (Wildman–Crippen LogP) is 3.22. The SMILES string of the molecule is COCc1cccc(NCc2cncn2C(C)C)c1. The Hall–Kier alpha value is -1.81. The third-order valence-corrected chi connectivity index (χ3v) is 3.01. The zero-order chi connectivity index (χ0) is 13.7. The molecule has 2 aromatic rings. The lowest BCUT2D eigenvalue weighted by Crippen LogP contribution is -2.08. The largest absolute Gasteiger partial charge is 0.380 e. The summed E-state index contributed by atoms with van der Waals surface area (Å²) in [6.07, 6.45) is 3.79. The van der Waals surface area contributed by atoms with Crippen LogP contribution >= 0.6 is 0 Å². The van der Waals surface area contributed by atoms with E-state index in [0.717, 1.165) is 12.2 Å². The van der Waals surface area contributed by atoms with E-state index >= 15 is 0 Å². The van der Waals surface area contributed by atoms with Gasteiger partial charge in [-0.25, -0.2) is 4.98 Å². The number of aromatic nitrogens is 2. The van der Waals surface area contributed by atoms with Gasteiger partial charge in [0.2, 0.25) is 0 Å². The van der Waals surface area contributed by atoms with Crippen LogP contribution in [0.25, 0.3) is 0 Å². The highest BCUT2D eigenvalue weighted by Crippen LogP contribution is 2.14. The average Bonchev–Trinajstić information content (AvgIpc) is 2.86. The van der Waals surface area contributed by atoms with Crippen LogP contribution in [0.1, 0.15) is 31.1 Å². The molecular formula is C15H21N3O. The summed E-state index contributed by atoms with van der Waals surface area (Å²) in [5.74, 6) is 0. The fourth-order valence-electron chi connectivity index (χ4n) is 2.06. The minimum absolute atomic E-state index is 0.430. The van der Waals surface area contributed by atoms with Gasteiger partial charge >= 0.3 is 0 Å². The molecule has 0 amide bonds. The molecule has 1 aromatic carbocycles. The smallest absolute Gasteiger partial charge is 0.0951 e. The first-order chi connectivity index (χ1) is 9.20. The maximum absolute atomic E-state index is 5.14. The lowest BCUT2D eigenvalue weighted by Gasteiger charge is -2.13. The molecule has 0 aliphatic carbocycles. The second-order valence-electron chi connectivity index (χ2n) is 4.87. The molecule has 0 atom stereocenters. The number of hydrogen-bond acceptors (Lipinski definition) is 3. The summed E-state index contributed by atoms with van der Waals surface area (Å²) in [7, 11) is 1.71. The molecule has 0 spiro atoms. The van der Waals surface area contributed by atoms with Gasteiger partial charge in [0.15, 0.2) is 0 Å². The minimum Gasteiger partial charge on any atom is -0.380 e. The summed E-state index contributed by atoms with van der Waals surface area (Å²) in [5.41, 5.74) is 3.46. The number of benzene rings is 1. The predicted molar refractivity (Wildman–Crippen MR) is 77.1 cm³/mol. The van der Waals surface area contributed by atoms with Crippen LogP contribution in [0.2, 0.25) is 0 Å². The maximum atomic E-state index is 5.14. The first-order valence-corrected chi connectivity index (χ1v) is 6.53. The van der Waals surface area contributed by atoms with Crippen molar-refractivity contribution in [3.05, 3.63) is 48.0 Å². The van der Waals surface area contributed by atoms with Crippen LogP contribution in [-0.4, -0.2) is 16.7 Å². The van der Waals surface area contributed by atoms with Crippen molar-refractivity contribution in [1.29, 1.82) is 0 Å². The Morgan fingerprint density at radius 2 is 2.21 bits per heavy atom. The molecule has 4 heteroatoms. The highest BCUT2D eigenvalue weighted by atomic mass is 16.5. The van der Waals surface area contributed by atoms with E-state index in [1.165, 1.54) is 11.3 Å². The third kappa shape index (κ3) is 3.58. The van der Waals surface area contributed by atoms with E-state index in [1.807, 2.05) is 18.6 Å². The molecule has 1 N–H and O–H groups in total. The van der Waals surface area contributed by atoms with Crippen LogP contribution in [0.3, 0.4) is 0 Å². The summed E-state index contributed by atoms with van der Waals surface area (Å²) >= 11 is 0. The Labute approximate surface area is 114 Å². The lowest BCUT2D eigenvalue weighted by atomic mass is 10.2. The van der Waals surface area contributed by atoms with E-state index in [1.54, 1.807) is 7.11 Å². The molecule has 0 saturated carbocycles. The number of methoxy groups -OCH3 is 1. The van der Waals surface area contributed by atoms with Gasteiger partial charge in [0.25, 0.3) is 0 Å². The number of anilines is 1. The van der Waals surface area contributed by atoms with Gasteiger partial charge in [-0.3, -0.25) is 0 Å². The van der Waals surface area contributed by atoms with E-state index in [9.17, 15) is 0 Å². The van der Waals surface area contributed by atoms with Crippen molar-refractivity contribution >= 4 is 5.69 Å². The first-order valence-electron chi connectivity index (χ1n) is 6.53. The molecule has 19 heavy (non-hydrogen) atoms. The molecule has 0 bridgehead atoms. The van der Waals surface area contributed by atoms with E-state index in [4.69, 9.17) is 4.74 Å². The number of imidazole rings is 1. The average molecular weight is 259 g/mol. The topological polar surface area (TPSA) is 39.1 Å². The van der Waals surface area contributed by atoms with E-state index in [-0.39, 0.29) is 0 Å². The Morgan fingerprint density at radius 1 is 1.37 bits per heavy atom. The standard InChI is InChI=1S/C15H21N3O/c1-12(2)18-11-16-8-15(18)9-17-14-6-4-5-13(7-14)10-19-3/h4-8,11-12,17H,9-10H2,1-3H3. The molecule has 1 heterocycles. The monoisotopic (exact) mass is 259 g/mol. The van der Waals surface area contributed by atoms with Gasteiger partial charge in [0.05, 0.1) is 25.2 Å².